The summed E-state index contributed by atoms with van der Waals surface area (Å²) in [5, 5.41) is 5.24. The molecule has 1 aliphatic carbocycles. The van der Waals surface area contributed by atoms with Crippen molar-refractivity contribution in [1.29, 1.82) is 0 Å². The summed E-state index contributed by atoms with van der Waals surface area (Å²) in [7, 11) is 1.80. The molecule has 0 spiro atoms. The number of hydrogen-bond donors (Lipinski definition) is 0. The fourth-order valence-corrected chi connectivity index (χ4v) is 3.21. The largest absolute Gasteiger partial charge is 0.416 e. The molecule has 0 aliphatic heterocycles. The lowest BCUT2D eigenvalue weighted by atomic mass is 9.90. The number of carbonyl (C=O) groups excluding carboxylic acids is 1. The summed E-state index contributed by atoms with van der Waals surface area (Å²) in [6, 6.07) is 5.81. The summed E-state index contributed by atoms with van der Waals surface area (Å²) in [6.45, 7) is 5.09. The van der Waals surface area contributed by atoms with Crippen molar-refractivity contribution < 1.29 is 9.53 Å². The molecule has 0 fully saturated rings. The highest BCUT2D eigenvalue weighted by atomic mass is 35.5. The van der Waals surface area contributed by atoms with E-state index < -0.39 is 0 Å². The van der Waals surface area contributed by atoms with Gasteiger partial charge in [0.2, 0.25) is 5.88 Å². The van der Waals surface area contributed by atoms with Gasteiger partial charge in [0.05, 0.1) is 11.3 Å². The molecule has 0 radical (unpaired) electrons. The second-order valence-corrected chi connectivity index (χ2v) is 6.03. The van der Waals surface area contributed by atoms with Crippen LogP contribution in [0.5, 0.6) is 5.88 Å². The van der Waals surface area contributed by atoms with Crippen LogP contribution < -0.4 is 4.74 Å². The average molecular weight is 334 g/mol. The van der Waals surface area contributed by atoms with Crippen molar-refractivity contribution in [2.24, 2.45) is 7.05 Å². The molecule has 1 aromatic heterocycles. The van der Waals surface area contributed by atoms with Gasteiger partial charge < -0.3 is 9.64 Å². The standard InChI is InChI=1S/C17H20ClN3O2/c1-4-21(5-2)17(22)23-16-15-13-8-7-12(18)10-11(13)6-9-14(15)19-20(16)3/h7-8,10H,4-6,9H2,1-3H3. The van der Waals surface area contributed by atoms with Crippen molar-refractivity contribution in [3.8, 4) is 17.0 Å². The number of rotatable bonds is 3. The molecule has 0 saturated carbocycles. The second kappa shape index (κ2) is 6.24. The van der Waals surface area contributed by atoms with Crippen LogP contribution in [0.15, 0.2) is 18.2 Å². The van der Waals surface area contributed by atoms with Crippen LogP contribution in [-0.4, -0.2) is 33.9 Å². The number of aromatic nitrogens is 2. The molecule has 0 N–H and O–H groups in total. The zero-order chi connectivity index (χ0) is 16.6. The molecule has 23 heavy (non-hydrogen) atoms. The van der Waals surface area contributed by atoms with Crippen LogP contribution in [0.1, 0.15) is 25.1 Å². The van der Waals surface area contributed by atoms with E-state index in [1.54, 1.807) is 16.6 Å². The van der Waals surface area contributed by atoms with E-state index in [2.05, 4.69) is 5.10 Å². The van der Waals surface area contributed by atoms with Crippen LogP contribution in [0.4, 0.5) is 4.79 Å². The van der Waals surface area contributed by atoms with E-state index in [-0.39, 0.29) is 6.09 Å². The molecule has 2 aromatic rings. The van der Waals surface area contributed by atoms with Crippen LogP contribution in [0.2, 0.25) is 5.02 Å². The molecule has 5 nitrogen and oxygen atoms in total. The third-order valence-electron chi connectivity index (χ3n) is 4.24. The minimum atomic E-state index is -0.345. The fraction of sp³-hybridized carbons (Fsp3) is 0.412. The van der Waals surface area contributed by atoms with E-state index in [0.717, 1.165) is 40.2 Å². The summed E-state index contributed by atoms with van der Waals surface area (Å²) < 4.78 is 7.32. The maximum absolute atomic E-state index is 12.3. The molecular formula is C17H20ClN3O2. The summed E-state index contributed by atoms with van der Waals surface area (Å²) >= 11 is 6.10. The number of ether oxygens (including phenoxy) is 1. The van der Waals surface area contributed by atoms with E-state index in [4.69, 9.17) is 16.3 Å². The van der Waals surface area contributed by atoms with Crippen LogP contribution in [-0.2, 0) is 19.9 Å². The first kappa shape index (κ1) is 15.9. The van der Waals surface area contributed by atoms with Crippen molar-refractivity contribution in [1.82, 2.24) is 14.7 Å². The predicted octanol–water partition coefficient (Wildman–Crippen LogP) is 3.68. The molecule has 6 heteroatoms. The van der Waals surface area contributed by atoms with Gasteiger partial charge in [-0.25, -0.2) is 9.48 Å². The zero-order valence-electron chi connectivity index (χ0n) is 13.6. The third-order valence-corrected chi connectivity index (χ3v) is 4.48. The van der Waals surface area contributed by atoms with Gasteiger partial charge in [-0.3, -0.25) is 0 Å². The molecule has 1 heterocycles. The second-order valence-electron chi connectivity index (χ2n) is 5.59. The Bertz CT molecular complexity index is 751. The Labute approximate surface area is 140 Å². The highest BCUT2D eigenvalue weighted by molar-refractivity contribution is 6.30. The number of hydrogen-bond acceptors (Lipinski definition) is 3. The van der Waals surface area contributed by atoms with Gasteiger partial charge in [0.25, 0.3) is 0 Å². The highest BCUT2D eigenvalue weighted by Gasteiger charge is 2.27. The number of halogens is 1. The Morgan fingerprint density at radius 1 is 1.35 bits per heavy atom. The first-order valence-corrected chi connectivity index (χ1v) is 8.24. The number of amides is 1. The lowest BCUT2D eigenvalue weighted by Gasteiger charge is -2.20. The molecule has 1 amide bonds. The minimum absolute atomic E-state index is 0.345. The Morgan fingerprint density at radius 2 is 2.09 bits per heavy atom. The highest BCUT2D eigenvalue weighted by Crippen LogP contribution is 2.40. The summed E-state index contributed by atoms with van der Waals surface area (Å²) in [4.78, 5) is 14.0. The normalized spacial score (nSPS) is 12.5. The van der Waals surface area contributed by atoms with Crippen molar-refractivity contribution in [3.63, 3.8) is 0 Å². The van der Waals surface area contributed by atoms with E-state index in [0.29, 0.717) is 19.0 Å². The Hall–Kier alpha value is -2.01. The lowest BCUT2D eigenvalue weighted by Crippen LogP contribution is -2.33. The summed E-state index contributed by atoms with van der Waals surface area (Å²) in [6.07, 6.45) is 1.37. The Kier molecular flexibility index (Phi) is 4.31. The van der Waals surface area contributed by atoms with Crippen LogP contribution in [0, 0.1) is 0 Å². The van der Waals surface area contributed by atoms with Crippen LogP contribution >= 0.6 is 11.6 Å². The van der Waals surface area contributed by atoms with Gasteiger partial charge in [-0.2, -0.15) is 5.10 Å². The van der Waals surface area contributed by atoms with E-state index >= 15 is 0 Å². The van der Waals surface area contributed by atoms with Crippen molar-refractivity contribution in [2.45, 2.75) is 26.7 Å². The zero-order valence-corrected chi connectivity index (χ0v) is 14.4. The maximum atomic E-state index is 12.3. The Balaban J connectivity index is 2.03. The van der Waals surface area contributed by atoms with Gasteiger partial charge in [0.15, 0.2) is 0 Å². The monoisotopic (exact) mass is 333 g/mol. The van der Waals surface area contributed by atoms with Crippen LogP contribution in [0.25, 0.3) is 11.1 Å². The molecule has 3 rings (SSSR count). The molecule has 1 aliphatic rings. The predicted molar refractivity (Wildman–Crippen MR) is 90.0 cm³/mol. The molecule has 122 valence electrons. The van der Waals surface area contributed by atoms with Crippen molar-refractivity contribution in [2.75, 3.05) is 13.1 Å². The number of aryl methyl sites for hydroxylation is 3. The molecule has 0 bridgehead atoms. The molecule has 0 atom stereocenters. The van der Waals surface area contributed by atoms with Gasteiger partial charge in [-0.05, 0) is 49.9 Å². The summed E-state index contributed by atoms with van der Waals surface area (Å²) in [5.74, 6) is 0.500. The first-order valence-electron chi connectivity index (χ1n) is 7.86. The molecule has 1 aromatic carbocycles. The van der Waals surface area contributed by atoms with Gasteiger partial charge >= 0.3 is 6.09 Å². The maximum Gasteiger partial charge on any atom is 0.416 e. The number of benzene rings is 1. The summed E-state index contributed by atoms with van der Waals surface area (Å²) in [5.41, 5.74) is 4.08. The van der Waals surface area contributed by atoms with E-state index in [1.165, 1.54) is 0 Å². The molecule has 0 unspecified atom stereocenters. The molecular weight excluding hydrogens is 314 g/mol. The minimum Gasteiger partial charge on any atom is -0.391 e. The topological polar surface area (TPSA) is 47.4 Å². The third kappa shape index (κ3) is 2.81. The van der Waals surface area contributed by atoms with Crippen LogP contribution in [0.3, 0.4) is 0 Å². The Morgan fingerprint density at radius 3 is 2.78 bits per heavy atom. The number of nitrogens with zero attached hydrogens (tertiary/aromatic N) is 3. The van der Waals surface area contributed by atoms with Crippen molar-refractivity contribution >= 4 is 17.7 Å². The average Bonchev–Trinajstić information content (AvgIpc) is 2.84. The lowest BCUT2D eigenvalue weighted by molar-refractivity contribution is 0.153. The number of carbonyl (C=O) groups is 1. The van der Waals surface area contributed by atoms with Gasteiger partial charge in [-0.1, -0.05) is 17.7 Å². The van der Waals surface area contributed by atoms with E-state index in [9.17, 15) is 4.79 Å². The number of fused-ring (bicyclic) bond motifs is 3. The molecule has 0 saturated heterocycles. The quantitative estimate of drug-likeness (QED) is 0.860. The van der Waals surface area contributed by atoms with Crippen molar-refractivity contribution in [3.05, 3.63) is 34.5 Å². The fourth-order valence-electron chi connectivity index (χ4n) is 3.02. The SMILES string of the molecule is CCN(CC)C(=O)Oc1c2c(nn1C)CCc1cc(Cl)ccc1-2. The smallest absolute Gasteiger partial charge is 0.391 e. The van der Waals surface area contributed by atoms with Gasteiger partial charge in [0.1, 0.15) is 0 Å². The van der Waals surface area contributed by atoms with E-state index in [1.807, 2.05) is 32.0 Å². The van der Waals surface area contributed by atoms with Gasteiger partial charge in [-0.15, -0.1) is 0 Å². The van der Waals surface area contributed by atoms with Gasteiger partial charge in [0, 0.05) is 25.2 Å². The first-order chi connectivity index (χ1) is 11.0.